The summed E-state index contributed by atoms with van der Waals surface area (Å²) in [6, 6.07) is 1.95. The van der Waals surface area contributed by atoms with Crippen LogP contribution in [-0.4, -0.2) is 10.7 Å². The molecule has 0 fully saturated rings. The molecule has 58 valence electrons. The molecule has 3 nitrogen and oxygen atoms in total. The van der Waals surface area contributed by atoms with Crippen LogP contribution in [0.4, 0.5) is 0 Å². The maximum atomic E-state index is 9.47. The third-order valence-corrected chi connectivity index (χ3v) is 1.64. The Hall–Kier alpha value is -1.27. The van der Waals surface area contributed by atoms with E-state index in [4.69, 9.17) is 11.0 Å². The van der Waals surface area contributed by atoms with Crippen molar-refractivity contribution in [1.29, 1.82) is 5.26 Å². The summed E-state index contributed by atoms with van der Waals surface area (Å²) in [5.74, 6) is 0. The van der Waals surface area contributed by atoms with E-state index < -0.39 is 5.60 Å². The van der Waals surface area contributed by atoms with Crippen molar-refractivity contribution >= 4 is 0 Å². The molecule has 0 aliphatic heterocycles. The van der Waals surface area contributed by atoms with E-state index in [0.717, 1.165) is 0 Å². The Morgan fingerprint density at radius 2 is 2.45 bits per heavy atom. The number of allylic oxidation sites excluding steroid dienone is 1. The number of hydrogen-bond acceptors (Lipinski definition) is 3. The van der Waals surface area contributed by atoms with E-state index in [0.29, 0.717) is 17.7 Å². The van der Waals surface area contributed by atoms with Crippen LogP contribution in [0.3, 0.4) is 0 Å². The second-order valence-electron chi connectivity index (χ2n) is 2.91. The van der Waals surface area contributed by atoms with E-state index in [1.165, 1.54) is 0 Å². The van der Waals surface area contributed by atoms with Gasteiger partial charge in [0.05, 0.1) is 17.2 Å². The molecular formula is C8H10N2O. The van der Waals surface area contributed by atoms with Crippen LogP contribution < -0.4 is 5.73 Å². The summed E-state index contributed by atoms with van der Waals surface area (Å²) in [5, 5.41) is 18.0. The molecule has 1 atom stereocenters. The molecule has 1 rings (SSSR count). The summed E-state index contributed by atoms with van der Waals surface area (Å²) in [6.45, 7) is 1.65. The molecule has 0 aromatic carbocycles. The molecule has 0 radical (unpaired) electrons. The Kier molecular flexibility index (Phi) is 1.71. The Morgan fingerprint density at radius 3 is 2.91 bits per heavy atom. The highest BCUT2D eigenvalue weighted by Crippen LogP contribution is 2.23. The highest BCUT2D eigenvalue weighted by Gasteiger charge is 2.23. The summed E-state index contributed by atoms with van der Waals surface area (Å²) in [6.07, 6.45) is 3.48. The first kappa shape index (κ1) is 7.83. The van der Waals surface area contributed by atoms with Gasteiger partial charge in [-0.1, -0.05) is 6.08 Å². The zero-order chi connectivity index (χ0) is 8.48. The van der Waals surface area contributed by atoms with Crippen LogP contribution in [0.15, 0.2) is 23.4 Å². The Bertz CT molecular complexity index is 268. The van der Waals surface area contributed by atoms with Crippen molar-refractivity contribution in [3.63, 3.8) is 0 Å². The minimum absolute atomic E-state index is 0.311. The summed E-state index contributed by atoms with van der Waals surface area (Å²) in [5.41, 5.74) is 5.47. The van der Waals surface area contributed by atoms with Crippen LogP contribution in [0.2, 0.25) is 0 Å². The molecule has 0 bridgehead atoms. The van der Waals surface area contributed by atoms with Crippen molar-refractivity contribution in [2.75, 3.05) is 0 Å². The van der Waals surface area contributed by atoms with Crippen molar-refractivity contribution in [2.45, 2.75) is 18.9 Å². The van der Waals surface area contributed by atoms with E-state index in [-0.39, 0.29) is 0 Å². The maximum absolute atomic E-state index is 9.47. The quantitative estimate of drug-likeness (QED) is 0.526. The van der Waals surface area contributed by atoms with Gasteiger partial charge in [-0.2, -0.15) is 5.26 Å². The first-order valence-corrected chi connectivity index (χ1v) is 3.35. The normalized spacial score (nSPS) is 30.3. The minimum Gasteiger partial charge on any atom is -0.398 e. The fraction of sp³-hybridized carbons (Fsp3) is 0.375. The molecule has 1 unspecified atom stereocenters. The van der Waals surface area contributed by atoms with Crippen molar-refractivity contribution in [3.05, 3.63) is 23.4 Å². The van der Waals surface area contributed by atoms with Gasteiger partial charge in [0.2, 0.25) is 0 Å². The smallest absolute Gasteiger partial charge is 0.0969 e. The highest BCUT2D eigenvalue weighted by molar-refractivity contribution is 5.39. The molecule has 0 spiro atoms. The third kappa shape index (κ3) is 1.60. The van der Waals surface area contributed by atoms with Gasteiger partial charge in [-0.3, -0.25) is 0 Å². The molecule has 0 saturated heterocycles. The van der Waals surface area contributed by atoms with E-state index >= 15 is 0 Å². The lowest BCUT2D eigenvalue weighted by atomic mass is 9.91. The third-order valence-electron chi connectivity index (χ3n) is 1.64. The average Bonchev–Trinajstić information content (AvgIpc) is 1.94. The van der Waals surface area contributed by atoms with Gasteiger partial charge in [0.1, 0.15) is 0 Å². The lowest BCUT2D eigenvalue weighted by molar-refractivity contribution is 0.111. The Morgan fingerprint density at radius 1 is 1.82 bits per heavy atom. The number of nitriles is 1. The van der Waals surface area contributed by atoms with Crippen molar-refractivity contribution in [1.82, 2.24) is 0 Å². The highest BCUT2D eigenvalue weighted by atomic mass is 16.3. The number of hydrogen-bond donors (Lipinski definition) is 2. The van der Waals surface area contributed by atoms with E-state index in [1.807, 2.05) is 6.07 Å². The van der Waals surface area contributed by atoms with Gasteiger partial charge in [0, 0.05) is 12.1 Å². The van der Waals surface area contributed by atoms with Gasteiger partial charge in [-0.25, -0.2) is 0 Å². The standard InChI is InChI=1S/C8H10N2O/c1-8(11)3-2-7(10)6(4-8)5-9/h2-3,11H,4,10H2,1H3. The van der Waals surface area contributed by atoms with E-state index in [9.17, 15) is 5.11 Å². The van der Waals surface area contributed by atoms with E-state index in [2.05, 4.69) is 0 Å². The van der Waals surface area contributed by atoms with Crippen molar-refractivity contribution < 1.29 is 5.11 Å². The summed E-state index contributed by atoms with van der Waals surface area (Å²) < 4.78 is 0. The molecule has 0 aromatic heterocycles. The van der Waals surface area contributed by atoms with Gasteiger partial charge in [0.15, 0.2) is 0 Å². The molecule has 1 aliphatic carbocycles. The molecule has 0 amide bonds. The van der Waals surface area contributed by atoms with Gasteiger partial charge in [-0.15, -0.1) is 0 Å². The fourth-order valence-electron chi connectivity index (χ4n) is 0.993. The fourth-order valence-corrected chi connectivity index (χ4v) is 0.993. The average molecular weight is 150 g/mol. The predicted octanol–water partition coefficient (Wildman–Crippen LogP) is 0.434. The zero-order valence-electron chi connectivity index (χ0n) is 6.33. The van der Waals surface area contributed by atoms with Crippen LogP contribution >= 0.6 is 0 Å². The lowest BCUT2D eigenvalue weighted by Gasteiger charge is -2.22. The minimum atomic E-state index is -0.909. The Balaban J connectivity index is 2.95. The molecule has 3 N–H and O–H groups in total. The Labute approximate surface area is 65.4 Å². The van der Waals surface area contributed by atoms with Gasteiger partial charge in [0.25, 0.3) is 0 Å². The molecule has 0 saturated carbocycles. The van der Waals surface area contributed by atoms with Gasteiger partial charge >= 0.3 is 0 Å². The van der Waals surface area contributed by atoms with E-state index in [1.54, 1.807) is 19.1 Å². The van der Waals surface area contributed by atoms with Crippen LogP contribution in [0, 0.1) is 11.3 Å². The molecular weight excluding hydrogens is 140 g/mol. The first-order valence-electron chi connectivity index (χ1n) is 3.35. The predicted molar refractivity (Wildman–Crippen MR) is 41.2 cm³/mol. The molecule has 1 aliphatic rings. The summed E-state index contributed by atoms with van der Waals surface area (Å²) in [4.78, 5) is 0. The van der Waals surface area contributed by atoms with Crippen LogP contribution in [-0.2, 0) is 0 Å². The topological polar surface area (TPSA) is 70.0 Å². The zero-order valence-corrected chi connectivity index (χ0v) is 6.33. The summed E-state index contributed by atoms with van der Waals surface area (Å²) in [7, 11) is 0. The van der Waals surface area contributed by atoms with Crippen LogP contribution in [0.25, 0.3) is 0 Å². The maximum Gasteiger partial charge on any atom is 0.0969 e. The van der Waals surface area contributed by atoms with Crippen LogP contribution in [0.1, 0.15) is 13.3 Å². The first-order chi connectivity index (χ1) is 5.05. The van der Waals surface area contributed by atoms with Crippen molar-refractivity contribution in [2.24, 2.45) is 5.73 Å². The van der Waals surface area contributed by atoms with Crippen LogP contribution in [0.5, 0.6) is 0 Å². The lowest BCUT2D eigenvalue weighted by Crippen LogP contribution is -2.25. The second kappa shape index (κ2) is 2.40. The number of nitrogens with two attached hydrogens (primary N) is 1. The number of aliphatic hydroxyl groups is 1. The van der Waals surface area contributed by atoms with Crippen molar-refractivity contribution in [3.8, 4) is 6.07 Å². The molecule has 11 heavy (non-hydrogen) atoms. The monoisotopic (exact) mass is 150 g/mol. The number of nitrogens with zero attached hydrogens (tertiary/aromatic N) is 1. The molecule has 0 heterocycles. The largest absolute Gasteiger partial charge is 0.398 e. The second-order valence-corrected chi connectivity index (χ2v) is 2.91. The van der Waals surface area contributed by atoms with Gasteiger partial charge < -0.3 is 10.8 Å². The summed E-state index contributed by atoms with van der Waals surface area (Å²) >= 11 is 0. The SMILES string of the molecule is CC1(O)C=CC(N)=C(C#N)C1. The molecule has 3 heteroatoms. The van der Waals surface area contributed by atoms with Gasteiger partial charge in [-0.05, 0) is 13.0 Å². The molecule has 0 aromatic rings. The number of rotatable bonds is 0.